The van der Waals surface area contributed by atoms with Crippen molar-refractivity contribution in [2.75, 3.05) is 7.05 Å². The highest BCUT2D eigenvalue weighted by molar-refractivity contribution is 7.19. The third-order valence-electron chi connectivity index (χ3n) is 6.67. The van der Waals surface area contributed by atoms with Gasteiger partial charge in [-0.25, -0.2) is 9.78 Å². The summed E-state index contributed by atoms with van der Waals surface area (Å²) in [6.07, 6.45) is 3.14. The van der Waals surface area contributed by atoms with Crippen LogP contribution in [0, 0.1) is 6.92 Å². The standard InChI is InChI=1S/C27H30N2O4S/c1-14-20(23(26(31)32)33-27(2,3)4)21(15-10-11-17-16(12-15)13-29(5)25(17)30)22-18-8-6-7-9-19(18)34-24(22)28-14/h10-12,23H,6-9,13H2,1-5H3,(H,31,32). The smallest absolute Gasteiger partial charge is 0.337 e. The number of fused-ring (bicyclic) bond motifs is 4. The van der Waals surface area contributed by atoms with Gasteiger partial charge >= 0.3 is 5.97 Å². The maximum Gasteiger partial charge on any atom is 0.337 e. The van der Waals surface area contributed by atoms with Crippen LogP contribution >= 0.6 is 11.3 Å². The van der Waals surface area contributed by atoms with Gasteiger partial charge in [-0.3, -0.25) is 4.79 Å². The molecule has 0 spiro atoms. The summed E-state index contributed by atoms with van der Waals surface area (Å²) in [4.78, 5) is 34.0. The number of hydrogen-bond acceptors (Lipinski definition) is 5. The van der Waals surface area contributed by atoms with Crippen molar-refractivity contribution in [1.82, 2.24) is 9.88 Å². The number of carboxylic acid groups (broad SMARTS) is 1. The molecule has 178 valence electrons. The van der Waals surface area contributed by atoms with E-state index in [1.54, 1.807) is 23.3 Å². The van der Waals surface area contributed by atoms with Crippen molar-refractivity contribution >= 4 is 33.4 Å². The number of carbonyl (C=O) groups is 2. The second kappa shape index (κ2) is 8.17. The van der Waals surface area contributed by atoms with Gasteiger partial charge in [0.2, 0.25) is 0 Å². The molecular formula is C27H30N2O4S. The first-order chi connectivity index (χ1) is 16.0. The van der Waals surface area contributed by atoms with Crippen molar-refractivity contribution in [3.8, 4) is 11.1 Å². The number of pyridine rings is 1. The maximum atomic E-state index is 12.5. The lowest BCUT2D eigenvalue weighted by Crippen LogP contribution is -2.28. The van der Waals surface area contributed by atoms with E-state index in [1.165, 1.54) is 16.9 Å². The van der Waals surface area contributed by atoms with E-state index in [4.69, 9.17) is 9.72 Å². The van der Waals surface area contributed by atoms with Crippen LogP contribution in [0.2, 0.25) is 0 Å². The second-order valence-electron chi connectivity index (χ2n) is 10.4. The molecular weight excluding hydrogens is 448 g/mol. The molecule has 3 heterocycles. The molecule has 1 N–H and O–H groups in total. The number of ether oxygens (including phenoxy) is 1. The van der Waals surface area contributed by atoms with Gasteiger partial charge in [0.1, 0.15) is 4.83 Å². The number of nitrogens with zero attached hydrogens (tertiary/aromatic N) is 2. The molecule has 0 saturated heterocycles. The topological polar surface area (TPSA) is 79.7 Å². The highest BCUT2D eigenvalue weighted by atomic mass is 32.1. The molecule has 2 aromatic heterocycles. The van der Waals surface area contributed by atoms with Gasteiger partial charge < -0.3 is 14.7 Å². The summed E-state index contributed by atoms with van der Waals surface area (Å²) < 4.78 is 6.13. The maximum absolute atomic E-state index is 12.5. The minimum absolute atomic E-state index is 0.0187. The summed E-state index contributed by atoms with van der Waals surface area (Å²) in [5, 5.41) is 11.3. The number of hydrogen-bond donors (Lipinski definition) is 1. The number of aromatic nitrogens is 1. The van der Waals surface area contributed by atoms with Crippen LogP contribution < -0.4 is 0 Å². The van der Waals surface area contributed by atoms with Crippen molar-refractivity contribution in [1.29, 1.82) is 0 Å². The Balaban J connectivity index is 1.83. The van der Waals surface area contributed by atoms with Crippen molar-refractivity contribution in [3.05, 3.63) is 51.0 Å². The Hall–Kier alpha value is -2.77. The lowest BCUT2D eigenvalue weighted by molar-refractivity contribution is -0.160. The Bertz CT molecular complexity index is 1330. The summed E-state index contributed by atoms with van der Waals surface area (Å²) in [6.45, 7) is 8.03. The number of carbonyl (C=O) groups excluding carboxylic acids is 1. The molecule has 34 heavy (non-hydrogen) atoms. The first kappa shape index (κ1) is 23.0. The summed E-state index contributed by atoms with van der Waals surface area (Å²) >= 11 is 1.73. The Morgan fingerprint density at radius 3 is 2.68 bits per heavy atom. The summed E-state index contributed by atoms with van der Waals surface area (Å²) in [5.41, 5.74) is 5.41. The molecule has 1 unspecified atom stereocenters. The summed E-state index contributed by atoms with van der Waals surface area (Å²) in [6, 6.07) is 5.88. The molecule has 0 bridgehead atoms. The molecule has 0 radical (unpaired) electrons. The fourth-order valence-corrected chi connectivity index (χ4v) is 6.56. The third-order valence-corrected chi connectivity index (χ3v) is 7.85. The predicted molar refractivity (Wildman–Crippen MR) is 133 cm³/mol. The Labute approximate surface area is 203 Å². The lowest BCUT2D eigenvalue weighted by Gasteiger charge is -2.28. The van der Waals surface area contributed by atoms with Gasteiger partial charge in [0, 0.05) is 46.2 Å². The molecule has 5 rings (SSSR count). The number of benzene rings is 1. The average Bonchev–Trinajstić information content (AvgIpc) is 3.26. The summed E-state index contributed by atoms with van der Waals surface area (Å²) in [5.74, 6) is -1.01. The van der Waals surface area contributed by atoms with Gasteiger partial charge in [-0.05, 0) is 82.2 Å². The molecule has 3 aromatic rings. The molecule has 1 amide bonds. The van der Waals surface area contributed by atoms with E-state index in [-0.39, 0.29) is 5.91 Å². The van der Waals surface area contributed by atoms with Crippen LogP contribution in [0.1, 0.15) is 77.3 Å². The van der Waals surface area contributed by atoms with E-state index in [0.717, 1.165) is 46.2 Å². The number of rotatable bonds is 4. The molecule has 1 aromatic carbocycles. The molecule has 1 aliphatic heterocycles. The first-order valence-electron chi connectivity index (χ1n) is 11.8. The minimum atomic E-state index is -1.15. The molecule has 2 aliphatic rings. The van der Waals surface area contributed by atoms with Crippen molar-refractivity contribution in [2.45, 2.75) is 71.6 Å². The van der Waals surface area contributed by atoms with E-state index in [0.29, 0.717) is 23.4 Å². The van der Waals surface area contributed by atoms with Crippen LogP contribution in [0.25, 0.3) is 21.3 Å². The minimum Gasteiger partial charge on any atom is -0.479 e. The molecule has 0 saturated carbocycles. The van der Waals surface area contributed by atoms with E-state index in [9.17, 15) is 14.7 Å². The van der Waals surface area contributed by atoms with Crippen molar-refractivity contribution < 1.29 is 19.4 Å². The fourth-order valence-electron chi connectivity index (χ4n) is 5.24. The highest BCUT2D eigenvalue weighted by Gasteiger charge is 2.34. The number of carboxylic acids is 1. The van der Waals surface area contributed by atoms with Gasteiger partial charge in [-0.2, -0.15) is 0 Å². The van der Waals surface area contributed by atoms with Crippen LogP contribution in [0.5, 0.6) is 0 Å². The average molecular weight is 479 g/mol. The van der Waals surface area contributed by atoms with Crippen LogP contribution in [0.4, 0.5) is 0 Å². The van der Waals surface area contributed by atoms with E-state index < -0.39 is 17.7 Å². The zero-order chi connectivity index (χ0) is 24.4. The Morgan fingerprint density at radius 1 is 1.24 bits per heavy atom. The van der Waals surface area contributed by atoms with Gasteiger partial charge in [0.25, 0.3) is 5.91 Å². The SMILES string of the molecule is Cc1nc2sc3c(c2c(-c2ccc4c(c2)CN(C)C4=O)c1C(OC(C)(C)C)C(=O)O)CCCC3. The van der Waals surface area contributed by atoms with Crippen LogP contribution in [0.3, 0.4) is 0 Å². The highest BCUT2D eigenvalue weighted by Crippen LogP contribution is 2.46. The van der Waals surface area contributed by atoms with Gasteiger partial charge in [0.15, 0.2) is 6.10 Å². The van der Waals surface area contributed by atoms with E-state index >= 15 is 0 Å². The van der Waals surface area contributed by atoms with E-state index in [1.807, 2.05) is 39.8 Å². The number of thiophene rings is 1. The molecule has 1 atom stereocenters. The zero-order valence-electron chi connectivity index (χ0n) is 20.3. The van der Waals surface area contributed by atoms with E-state index in [2.05, 4.69) is 6.07 Å². The Morgan fingerprint density at radius 2 is 1.97 bits per heavy atom. The predicted octanol–water partition coefficient (Wildman–Crippen LogP) is 5.68. The zero-order valence-corrected chi connectivity index (χ0v) is 21.1. The van der Waals surface area contributed by atoms with Crippen molar-refractivity contribution in [3.63, 3.8) is 0 Å². The molecule has 1 aliphatic carbocycles. The second-order valence-corrected chi connectivity index (χ2v) is 11.4. The lowest BCUT2D eigenvalue weighted by atomic mass is 9.87. The first-order valence-corrected chi connectivity index (χ1v) is 12.6. The van der Waals surface area contributed by atoms with Crippen LogP contribution in [-0.2, 0) is 28.9 Å². The van der Waals surface area contributed by atoms with Gasteiger partial charge in [-0.1, -0.05) is 6.07 Å². The normalized spacial score (nSPS) is 16.6. The van der Waals surface area contributed by atoms with Crippen LogP contribution in [-0.4, -0.2) is 39.5 Å². The number of aliphatic carboxylic acids is 1. The summed E-state index contributed by atoms with van der Waals surface area (Å²) in [7, 11) is 1.80. The van der Waals surface area contributed by atoms with Gasteiger partial charge in [-0.15, -0.1) is 11.3 Å². The number of aryl methyl sites for hydroxylation is 3. The third kappa shape index (κ3) is 3.81. The van der Waals surface area contributed by atoms with Crippen molar-refractivity contribution in [2.24, 2.45) is 0 Å². The fraction of sp³-hybridized carbons (Fsp3) is 0.444. The molecule has 7 heteroatoms. The molecule has 6 nitrogen and oxygen atoms in total. The molecule has 0 fully saturated rings. The van der Waals surface area contributed by atoms with Crippen LogP contribution in [0.15, 0.2) is 18.2 Å². The monoisotopic (exact) mass is 478 g/mol. The quantitative estimate of drug-likeness (QED) is 0.522. The van der Waals surface area contributed by atoms with Gasteiger partial charge in [0.05, 0.1) is 5.60 Å². The Kier molecular flexibility index (Phi) is 5.52. The largest absolute Gasteiger partial charge is 0.479 e. The number of amides is 1.